The molecule has 0 spiro atoms. The summed E-state index contributed by atoms with van der Waals surface area (Å²) in [6.45, 7) is 2.49. The van der Waals surface area contributed by atoms with Crippen LogP contribution in [-0.2, 0) is 10.3 Å². The van der Waals surface area contributed by atoms with Crippen molar-refractivity contribution in [1.82, 2.24) is 0 Å². The SMILES string of the molecule is CC[C@@](O)(COC(=O)c1ccccc1)c1cccc(OCC2CC2)c1. The summed E-state index contributed by atoms with van der Waals surface area (Å²) < 4.78 is 11.1. The monoisotopic (exact) mass is 340 g/mol. The van der Waals surface area contributed by atoms with E-state index in [0.717, 1.165) is 12.4 Å². The van der Waals surface area contributed by atoms with Crippen molar-refractivity contribution in [2.24, 2.45) is 5.92 Å². The third-order valence-corrected chi connectivity index (χ3v) is 4.59. The summed E-state index contributed by atoms with van der Waals surface area (Å²) in [5.41, 5.74) is -0.0599. The molecule has 0 amide bonds. The number of benzene rings is 2. The number of esters is 1. The summed E-state index contributed by atoms with van der Waals surface area (Å²) in [5, 5.41) is 11.0. The van der Waals surface area contributed by atoms with E-state index >= 15 is 0 Å². The van der Waals surface area contributed by atoms with E-state index in [0.29, 0.717) is 23.5 Å². The lowest BCUT2D eigenvalue weighted by Crippen LogP contribution is -2.32. The Balaban J connectivity index is 1.66. The second-order valence-electron chi connectivity index (χ2n) is 6.61. The molecule has 2 aromatic carbocycles. The number of carbonyl (C=O) groups excluding carboxylic acids is 1. The van der Waals surface area contributed by atoms with Crippen LogP contribution < -0.4 is 4.74 Å². The van der Waals surface area contributed by atoms with E-state index in [-0.39, 0.29) is 6.61 Å². The lowest BCUT2D eigenvalue weighted by atomic mass is 9.92. The van der Waals surface area contributed by atoms with Crippen LogP contribution in [-0.4, -0.2) is 24.3 Å². The van der Waals surface area contributed by atoms with Crippen molar-refractivity contribution < 1.29 is 19.4 Å². The Hall–Kier alpha value is -2.33. The smallest absolute Gasteiger partial charge is 0.338 e. The Morgan fingerprint density at radius 2 is 1.92 bits per heavy atom. The van der Waals surface area contributed by atoms with Crippen molar-refractivity contribution in [3.05, 3.63) is 65.7 Å². The van der Waals surface area contributed by atoms with Crippen molar-refractivity contribution in [3.8, 4) is 5.75 Å². The maximum absolute atomic E-state index is 12.1. The number of hydrogen-bond acceptors (Lipinski definition) is 4. The highest BCUT2D eigenvalue weighted by Gasteiger charge is 2.30. The van der Waals surface area contributed by atoms with E-state index in [1.165, 1.54) is 12.8 Å². The second kappa shape index (κ2) is 7.70. The summed E-state index contributed by atoms with van der Waals surface area (Å²) >= 11 is 0. The minimum Gasteiger partial charge on any atom is -0.493 e. The standard InChI is InChI=1S/C21H24O4/c1-2-21(23,15-25-20(22)17-7-4-3-5-8-17)18-9-6-10-19(13-18)24-14-16-11-12-16/h3-10,13,16,23H,2,11-12,14-15H2,1H3/t21-/m1/s1. The van der Waals surface area contributed by atoms with Gasteiger partial charge in [0.25, 0.3) is 0 Å². The van der Waals surface area contributed by atoms with Gasteiger partial charge in [-0.25, -0.2) is 4.79 Å². The molecule has 0 radical (unpaired) electrons. The molecule has 1 aliphatic carbocycles. The predicted molar refractivity (Wildman–Crippen MR) is 95.6 cm³/mol. The number of aliphatic hydroxyl groups is 1. The topological polar surface area (TPSA) is 55.8 Å². The van der Waals surface area contributed by atoms with Crippen molar-refractivity contribution in [2.75, 3.05) is 13.2 Å². The van der Waals surface area contributed by atoms with Crippen LogP contribution in [0.4, 0.5) is 0 Å². The third-order valence-electron chi connectivity index (χ3n) is 4.59. The molecule has 1 atom stereocenters. The van der Waals surface area contributed by atoms with Gasteiger partial charge in [-0.15, -0.1) is 0 Å². The van der Waals surface area contributed by atoms with Crippen molar-refractivity contribution in [3.63, 3.8) is 0 Å². The molecule has 1 N–H and O–H groups in total. The zero-order valence-electron chi connectivity index (χ0n) is 14.5. The number of hydrogen-bond donors (Lipinski definition) is 1. The summed E-state index contributed by atoms with van der Waals surface area (Å²) in [6.07, 6.45) is 2.89. The van der Waals surface area contributed by atoms with Gasteiger partial charge in [-0.3, -0.25) is 0 Å². The van der Waals surface area contributed by atoms with E-state index in [2.05, 4.69) is 0 Å². The van der Waals surface area contributed by atoms with Gasteiger partial charge >= 0.3 is 5.97 Å². The molecule has 0 saturated heterocycles. The van der Waals surface area contributed by atoms with Crippen molar-refractivity contribution >= 4 is 5.97 Å². The average Bonchev–Trinajstić information content (AvgIpc) is 3.49. The van der Waals surface area contributed by atoms with E-state index in [1.54, 1.807) is 24.3 Å². The minimum absolute atomic E-state index is 0.0939. The summed E-state index contributed by atoms with van der Waals surface area (Å²) in [7, 11) is 0. The van der Waals surface area contributed by atoms with Gasteiger partial charge in [0.2, 0.25) is 0 Å². The molecule has 3 rings (SSSR count). The highest BCUT2D eigenvalue weighted by atomic mass is 16.5. The molecule has 25 heavy (non-hydrogen) atoms. The van der Waals surface area contributed by atoms with Crippen LogP contribution in [0.3, 0.4) is 0 Å². The van der Waals surface area contributed by atoms with Gasteiger partial charge in [0.15, 0.2) is 0 Å². The van der Waals surface area contributed by atoms with Crippen LogP contribution in [0.15, 0.2) is 54.6 Å². The van der Waals surface area contributed by atoms with Crippen LogP contribution in [0.1, 0.15) is 42.1 Å². The number of ether oxygens (including phenoxy) is 2. The summed E-state index contributed by atoms with van der Waals surface area (Å²) in [5.74, 6) is 0.972. The zero-order chi connectivity index (χ0) is 17.7. The highest BCUT2D eigenvalue weighted by molar-refractivity contribution is 5.89. The molecular weight excluding hydrogens is 316 g/mol. The van der Waals surface area contributed by atoms with Crippen LogP contribution >= 0.6 is 0 Å². The molecule has 4 heteroatoms. The molecule has 132 valence electrons. The molecule has 1 fully saturated rings. The maximum atomic E-state index is 12.1. The fourth-order valence-electron chi connectivity index (χ4n) is 2.61. The van der Waals surface area contributed by atoms with E-state index in [4.69, 9.17) is 9.47 Å². The Labute approximate surface area is 148 Å². The molecule has 1 saturated carbocycles. The first-order valence-electron chi connectivity index (χ1n) is 8.78. The predicted octanol–water partition coefficient (Wildman–Crippen LogP) is 3.93. The van der Waals surface area contributed by atoms with Gasteiger partial charge in [0, 0.05) is 0 Å². The highest BCUT2D eigenvalue weighted by Crippen LogP contribution is 2.31. The zero-order valence-corrected chi connectivity index (χ0v) is 14.5. The molecular formula is C21H24O4. The van der Waals surface area contributed by atoms with E-state index < -0.39 is 11.6 Å². The second-order valence-corrected chi connectivity index (χ2v) is 6.61. The molecule has 4 nitrogen and oxygen atoms in total. The lowest BCUT2D eigenvalue weighted by molar-refractivity contribution is -0.0386. The third kappa shape index (κ3) is 4.60. The van der Waals surface area contributed by atoms with Gasteiger partial charge in [-0.05, 0) is 55.0 Å². The lowest BCUT2D eigenvalue weighted by Gasteiger charge is -2.27. The van der Waals surface area contributed by atoms with E-state index in [1.807, 2.05) is 37.3 Å². The Kier molecular flexibility index (Phi) is 5.39. The first-order valence-corrected chi connectivity index (χ1v) is 8.78. The van der Waals surface area contributed by atoms with Gasteiger partial charge in [-0.1, -0.05) is 37.3 Å². The van der Waals surface area contributed by atoms with Gasteiger partial charge in [-0.2, -0.15) is 0 Å². The fourth-order valence-corrected chi connectivity index (χ4v) is 2.61. The normalized spacial score (nSPS) is 16.1. The molecule has 1 aliphatic rings. The number of carbonyl (C=O) groups is 1. The van der Waals surface area contributed by atoms with Crippen LogP contribution in [0, 0.1) is 5.92 Å². The van der Waals surface area contributed by atoms with E-state index in [9.17, 15) is 9.90 Å². The van der Waals surface area contributed by atoms with Gasteiger partial charge in [0.1, 0.15) is 18.0 Å². The first-order chi connectivity index (χ1) is 12.1. The Morgan fingerprint density at radius 3 is 2.60 bits per heavy atom. The Bertz CT molecular complexity index is 709. The van der Waals surface area contributed by atoms with Crippen LogP contribution in [0.5, 0.6) is 5.75 Å². The largest absolute Gasteiger partial charge is 0.493 e. The molecule has 0 heterocycles. The summed E-state index contributed by atoms with van der Waals surface area (Å²) in [6, 6.07) is 16.2. The fraction of sp³-hybridized carbons (Fsp3) is 0.381. The molecule has 0 unspecified atom stereocenters. The van der Waals surface area contributed by atoms with Crippen molar-refractivity contribution in [2.45, 2.75) is 31.8 Å². The molecule has 0 aliphatic heterocycles. The Morgan fingerprint density at radius 1 is 1.16 bits per heavy atom. The molecule has 0 bridgehead atoms. The quantitative estimate of drug-likeness (QED) is 0.740. The average molecular weight is 340 g/mol. The summed E-state index contributed by atoms with van der Waals surface area (Å²) in [4.78, 5) is 12.1. The first kappa shape index (κ1) is 17.5. The maximum Gasteiger partial charge on any atom is 0.338 e. The molecule has 0 aromatic heterocycles. The van der Waals surface area contributed by atoms with Crippen molar-refractivity contribution in [1.29, 1.82) is 0 Å². The molecule has 2 aromatic rings. The van der Waals surface area contributed by atoms with Gasteiger partial charge in [0.05, 0.1) is 12.2 Å². The minimum atomic E-state index is -1.23. The number of rotatable bonds is 8. The van der Waals surface area contributed by atoms with Gasteiger partial charge < -0.3 is 14.6 Å². The van der Waals surface area contributed by atoms with Crippen LogP contribution in [0.2, 0.25) is 0 Å². The van der Waals surface area contributed by atoms with Crippen LogP contribution in [0.25, 0.3) is 0 Å².